The molecule has 2 aliphatic rings. The molecule has 18 heavy (non-hydrogen) atoms. The van der Waals surface area contributed by atoms with Crippen LogP contribution in [0, 0.1) is 0 Å². The van der Waals surface area contributed by atoms with E-state index in [1.807, 2.05) is 18.2 Å². The van der Waals surface area contributed by atoms with Crippen molar-refractivity contribution in [3.05, 3.63) is 29.8 Å². The normalized spacial score (nSPS) is 28.2. The van der Waals surface area contributed by atoms with Gasteiger partial charge in [0, 0.05) is 36.4 Å². The molecule has 3 rings (SSSR count). The predicted molar refractivity (Wildman–Crippen MR) is 73.2 cm³/mol. The van der Waals surface area contributed by atoms with Crippen LogP contribution in [-0.4, -0.2) is 43.4 Å². The maximum Gasteiger partial charge on any atom is 0.152 e. The van der Waals surface area contributed by atoms with Crippen LogP contribution >= 0.6 is 0 Å². The van der Waals surface area contributed by atoms with Crippen molar-refractivity contribution in [3.8, 4) is 0 Å². The number of hydrogen-bond donors (Lipinski definition) is 0. The highest BCUT2D eigenvalue weighted by molar-refractivity contribution is 5.84. The molecule has 3 heteroatoms. The minimum atomic E-state index is 0.650. The minimum absolute atomic E-state index is 0.650. The van der Waals surface area contributed by atoms with Gasteiger partial charge in [-0.05, 0) is 38.4 Å². The molecular weight excluding hydrogens is 224 g/mol. The zero-order valence-electron chi connectivity index (χ0n) is 10.9. The highest BCUT2D eigenvalue weighted by Crippen LogP contribution is 2.31. The zero-order valence-corrected chi connectivity index (χ0v) is 10.9. The summed E-state index contributed by atoms with van der Waals surface area (Å²) in [6.07, 6.45) is 4.81. The molecule has 2 atom stereocenters. The molecule has 0 aromatic heterocycles. The van der Waals surface area contributed by atoms with E-state index in [0.29, 0.717) is 6.04 Å². The monoisotopic (exact) mass is 244 g/mol. The fraction of sp³-hybridized carbons (Fsp3) is 0.533. The van der Waals surface area contributed by atoms with Gasteiger partial charge < -0.3 is 4.90 Å². The molecular formula is C15H20N2O. The van der Waals surface area contributed by atoms with E-state index in [9.17, 15) is 4.79 Å². The number of aldehydes is 1. The van der Waals surface area contributed by atoms with Gasteiger partial charge in [0.1, 0.15) is 0 Å². The number of likely N-dealkylation sites (N-methyl/N-ethyl adjacent to an activating group) is 1. The van der Waals surface area contributed by atoms with E-state index in [1.165, 1.54) is 19.3 Å². The van der Waals surface area contributed by atoms with E-state index in [2.05, 4.69) is 22.9 Å². The number of hydrogen-bond acceptors (Lipinski definition) is 3. The lowest BCUT2D eigenvalue weighted by molar-refractivity contribution is 0.112. The Kier molecular flexibility index (Phi) is 3.08. The molecule has 2 saturated heterocycles. The van der Waals surface area contributed by atoms with Crippen molar-refractivity contribution in [1.29, 1.82) is 0 Å². The Morgan fingerprint density at radius 2 is 1.94 bits per heavy atom. The van der Waals surface area contributed by atoms with Crippen LogP contribution in [0.25, 0.3) is 0 Å². The van der Waals surface area contributed by atoms with E-state index < -0.39 is 0 Å². The molecule has 2 heterocycles. The predicted octanol–water partition coefficient (Wildman–Crippen LogP) is 2.17. The first-order chi connectivity index (χ1) is 8.79. The topological polar surface area (TPSA) is 23.6 Å². The van der Waals surface area contributed by atoms with Gasteiger partial charge in [0.05, 0.1) is 0 Å². The van der Waals surface area contributed by atoms with E-state index in [0.717, 1.165) is 36.7 Å². The third kappa shape index (κ3) is 1.93. The van der Waals surface area contributed by atoms with Crippen LogP contribution in [0.2, 0.25) is 0 Å². The van der Waals surface area contributed by atoms with E-state index >= 15 is 0 Å². The van der Waals surface area contributed by atoms with Crippen LogP contribution in [0.1, 0.15) is 29.6 Å². The van der Waals surface area contributed by atoms with Crippen molar-refractivity contribution in [1.82, 2.24) is 4.90 Å². The first-order valence-corrected chi connectivity index (χ1v) is 6.80. The summed E-state index contributed by atoms with van der Waals surface area (Å²) in [5.41, 5.74) is 1.92. The van der Waals surface area contributed by atoms with Gasteiger partial charge in [0.15, 0.2) is 6.29 Å². The van der Waals surface area contributed by atoms with Gasteiger partial charge in [-0.15, -0.1) is 0 Å². The highest BCUT2D eigenvalue weighted by Gasteiger charge is 2.34. The summed E-state index contributed by atoms with van der Waals surface area (Å²) in [7, 11) is 2.25. The van der Waals surface area contributed by atoms with Crippen LogP contribution < -0.4 is 4.90 Å². The molecule has 0 saturated carbocycles. The summed E-state index contributed by atoms with van der Waals surface area (Å²) in [5.74, 6) is 0. The average Bonchev–Trinajstić information content (AvgIpc) is 2.63. The highest BCUT2D eigenvalue weighted by atomic mass is 16.1. The van der Waals surface area contributed by atoms with E-state index in [4.69, 9.17) is 0 Å². The Hall–Kier alpha value is -1.35. The second-order valence-corrected chi connectivity index (χ2v) is 5.46. The molecule has 2 unspecified atom stereocenters. The van der Waals surface area contributed by atoms with Crippen molar-refractivity contribution >= 4 is 12.0 Å². The van der Waals surface area contributed by atoms with Crippen molar-refractivity contribution in [2.45, 2.75) is 31.3 Å². The first-order valence-electron chi connectivity index (χ1n) is 6.80. The molecule has 96 valence electrons. The summed E-state index contributed by atoms with van der Waals surface area (Å²) in [4.78, 5) is 16.1. The van der Waals surface area contributed by atoms with Crippen LogP contribution in [0.5, 0.6) is 0 Å². The molecule has 1 aromatic rings. The summed E-state index contributed by atoms with van der Waals surface area (Å²) < 4.78 is 0. The van der Waals surface area contributed by atoms with Gasteiger partial charge >= 0.3 is 0 Å². The second kappa shape index (κ2) is 4.73. The SMILES string of the molecule is CN1C2CCC1CN(c1ccccc1C=O)CC2. The number of carbonyl (C=O) groups is 1. The number of para-hydroxylation sites is 1. The summed E-state index contributed by atoms with van der Waals surface area (Å²) >= 11 is 0. The van der Waals surface area contributed by atoms with Gasteiger partial charge in [-0.2, -0.15) is 0 Å². The van der Waals surface area contributed by atoms with Crippen LogP contribution in [-0.2, 0) is 0 Å². The van der Waals surface area contributed by atoms with Gasteiger partial charge in [0.25, 0.3) is 0 Å². The molecule has 0 spiro atoms. The van der Waals surface area contributed by atoms with Gasteiger partial charge in [0.2, 0.25) is 0 Å². The van der Waals surface area contributed by atoms with Gasteiger partial charge in [-0.1, -0.05) is 12.1 Å². The Bertz CT molecular complexity index is 446. The summed E-state index contributed by atoms with van der Waals surface area (Å²) in [6.45, 7) is 2.12. The van der Waals surface area contributed by atoms with Crippen molar-refractivity contribution in [3.63, 3.8) is 0 Å². The maximum atomic E-state index is 11.1. The molecule has 2 aliphatic heterocycles. The fourth-order valence-corrected chi connectivity index (χ4v) is 3.40. The van der Waals surface area contributed by atoms with Crippen LogP contribution in [0.4, 0.5) is 5.69 Å². The molecule has 0 N–H and O–H groups in total. The number of anilines is 1. The Balaban J connectivity index is 1.87. The molecule has 0 radical (unpaired) electrons. The van der Waals surface area contributed by atoms with Gasteiger partial charge in [-0.25, -0.2) is 0 Å². The number of rotatable bonds is 2. The lowest BCUT2D eigenvalue weighted by Crippen LogP contribution is -2.36. The molecule has 3 nitrogen and oxygen atoms in total. The molecule has 0 amide bonds. The zero-order chi connectivity index (χ0) is 12.5. The number of nitrogens with zero attached hydrogens (tertiary/aromatic N) is 2. The standard InChI is InChI=1S/C15H20N2O/c1-16-13-6-7-14(16)10-17(9-8-13)15-5-3-2-4-12(15)11-18/h2-5,11,13-14H,6-10H2,1H3. The molecule has 1 aromatic carbocycles. The Morgan fingerprint density at radius 1 is 1.17 bits per heavy atom. The lowest BCUT2D eigenvalue weighted by Gasteiger charge is -2.28. The minimum Gasteiger partial charge on any atom is -0.369 e. The van der Waals surface area contributed by atoms with Crippen molar-refractivity contribution in [2.24, 2.45) is 0 Å². The van der Waals surface area contributed by atoms with Crippen molar-refractivity contribution in [2.75, 3.05) is 25.0 Å². The van der Waals surface area contributed by atoms with E-state index in [1.54, 1.807) is 0 Å². The summed E-state index contributed by atoms with van der Waals surface area (Å²) in [5, 5.41) is 0. The lowest BCUT2D eigenvalue weighted by atomic mass is 10.1. The number of benzene rings is 1. The van der Waals surface area contributed by atoms with Crippen LogP contribution in [0.15, 0.2) is 24.3 Å². The third-order valence-corrected chi connectivity index (χ3v) is 4.55. The number of carbonyl (C=O) groups excluding carboxylic acids is 1. The summed E-state index contributed by atoms with van der Waals surface area (Å²) in [6, 6.07) is 9.33. The molecule has 2 bridgehead atoms. The Morgan fingerprint density at radius 3 is 2.78 bits per heavy atom. The van der Waals surface area contributed by atoms with Gasteiger partial charge in [-0.3, -0.25) is 9.69 Å². The average molecular weight is 244 g/mol. The van der Waals surface area contributed by atoms with Crippen molar-refractivity contribution < 1.29 is 4.79 Å². The van der Waals surface area contributed by atoms with E-state index in [-0.39, 0.29) is 0 Å². The smallest absolute Gasteiger partial charge is 0.152 e. The maximum absolute atomic E-state index is 11.1. The largest absolute Gasteiger partial charge is 0.369 e. The number of fused-ring (bicyclic) bond motifs is 2. The third-order valence-electron chi connectivity index (χ3n) is 4.55. The van der Waals surface area contributed by atoms with Crippen LogP contribution in [0.3, 0.4) is 0 Å². The Labute approximate surface area is 108 Å². The second-order valence-electron chi connectivity index (χ2n) is 5.46. The molecule has 0 aliphatic carbocycles. The fourth-order valence-electron chi connectivity index (χ4n) is 3.40. The quantitative estimate of drug-likeness (QED) is 0.745. The molecule has 2 fully saturated rings. The first kappa shape index (κ1) is 11.7.